The van der Waals surface area contributed by atoms with E-state index in [0.717, 1.165) is 10.0 Å². The van der Waals surface area contributed by atoms with Crippen LogP contribution in [0.1, 0.15) is 15.9 Å². The summed E-state index contributed by atoms with van der Waals surface area (Å²) in [5.41, 5.74) is 1.31. The second-order valence-corrected chi connectivity index (χ2v) is 8.16. The van der Waals surface area contributed by atoms with Gasteiger partial charge in [-0.3, -0.25) is 9.36 Å². The lowest BCUT2D eigenvalue weighted by Crippen LogP contribution is -2.10. The molecule has 128 valence electrons. The summed E-state index contributed by atoms with van der Waals surface area (Å²) in [4.78, 5) is 12.5. The fourth-order valence-corrected chi connectivity index (χ4v) is 3.34. The van der Waals surface area contributed by atoms with Crippen molar-refractivity contribution in [1.82, 2.24) is 0 Å². The Hall–Kier alpha value is -1.46. The van der Waals surface area contributed by atoms with E-state index in [4.69, 9.17) is 13.8 Å². The predicted molar refractivity (Wildman–Crippen MR) is 95.7 cm³/mol. The van der Waals surface area contributed by atoms with Gasteiger partial charge >= 0.3 is 7.60 Å². The fourth-order valence-electron chi connectivity index (χ4n) is 2.05. The molecule has 0 radical (unpaired) electrons. The standard InChI is InChI=1S/C17H18BrO5P/c1-21-24(20,22-2)12-16(19)15-10-14(18)8-9-17(15)23-11-13-6-4-3-5-7-13/h3-10H,11-12H2,1-2H3. The fraction of sp³-hybridized carbons (Fsp3) is 0.235. The molecule has 0 amide bonds. The molecule has 2 aromatic carbocycles. The van der Waals surface area contributed by atoms with Crippen LogP contribution in [0.4, 0.5) is 0 Å². The summed E-state index contributed by atoms with van der Waals surface area (Å²) >= 11 is 3.34. The van der Waals surface area contributed by atoms with E-state index < -0.39 is 7.60 Å². The molecule has 0 N–H and O–H groups in total. The van der Waals surface area contributed by atoms with Crippen LogP contribution in [0.3, 0.4) is 0 Å². The van der Waals surface area contributed by atoms with E-state index in [1.54, 1.807) is 18.2 Å². The summed E-state index contributed by atoms with van der Waals surface area (Å²) in [7, 11) is -0.925. The Bertz CT molecular complexity index is 740. The summed E-state index contributed by atoms with van der Waals surface area (Å²) in [6.07, 6.45) is -0.349. The summed E-state index contributed by atoms with van der Waals surface area (Å²) in [5.74, 6) is 0.0530. The third-order valence-electron chi connectivity index (χ3n) is 3.37. The van der Waals surface area contributed by atoms with E-state index in [1.165, 1.54) is 14.2 Å². The van der Waals surface area contributed by atoms with E-state index in [2.05, 4.69) is 15.9 Å². The Labute approximate surface area is 149 Å². The van der Waals surface area contributed by atoms with Gasteiger partial charge in [0.1, 0.15) is 18.5 Å². The highest BCUT2D eigenvalue weighted by molar-refractivity contribution is 9.10. The Morgan fingerprint density at radius 1 is 1.08 bits per heavy atom. The van der Waals surface area contributed by atoms with Crippen LogP contribution in [0.5, 0.6) is 5.75 Å². The molecule has 0 aromatic heterocycles. The minimum absolute atomic E-state index is 0.328. The van der Waals surface area contributed by atoms with Gasteiger partial charge in [-0.05, 0) is 23.8 Å². The molecule has 0 aliphatic heterocycles. The maximum Gasteiger partial charge on any atom is 0.337 e. The van der Waals surface area contributed by atoms with Gasteiger partial charge in [-0.15, -0.1) is 0 Å². The first-order valence-corrected chi connectivity index (χ1v) is 9.69. The number of benzene rings is 2. The second-order valence-electron chi connectivity index (χ2n) is 4.97. The normalized spacial score (nSPS) is 11.3. The molecule has 0 fully saturated rings. The minimum atomic E-state index is -3.44. The Morgan fingerprint density at radius 3 is 2.38 bits per heavy atom. The van der Waals surface area contributed by atoms with Crippen molar-refractivity contribution < 1.29 is 23.1 Å². The van der Waals surface area contributed by atoms with Crippen LogP contribution in [-0.2, 0) is 20.2 Å². The number of hydrogen-bond donors (Lipinski definition) is 0. The highest BCUT2D eigenvalue weighted by Gasteiger charge is 2.28. The zero-order valence-corrected chi connectivity index (χ0v) is 15.9. The molecule has 0 saturated heterocycles. The number of carbonyl (C=O) groups is 1. The van der Waals surface area contributed by atoms with Crippen molar-refractivity contribution in [2.75, 3.05) is 20.4 Å². The van der Waals surface area contributed by atoms with E-state index in [1.807, 2.05) is 30.3 Å². The molecule has 0 aliphatic rings. The molecule has 2 aromatic rings. The van der Waals surface area contributed by atoms with E-state index >= 15 is 0 Å². The van der Waals surface area contributed by atoms with Crippen molar-refractivity contribution in [3.63, 3.8) is 0 Å². The lowest BCUT2D eigenvalue weighted by Gasteiger charge is -2.15. The van der Waals surface area contributed by atoms with Crippen molar-refractivity contribution in [2.24, 2.45) is 0 Å². The molecule has 7 heteroatoms. The lowest BCUT2D eigenvalue weighted by atomic mass is 10.1. The van der Waals surface area contributed by atoms with E-state index in [-0.39, 0.29) is 11.9 Å². The number of Topliss-reactive ketones (excluding diaryl/α,β-unsaturated/α-hetero) is 1. The quantitative estimate of drug-likeness (QED) is 0.464. The van der Waals surface area contributed by atoms with Crippen molar-refractivity contribution in [3.8, 4) is 5.75 Å². The number of rotatable bonds is 8. The monoisotopic (exact) mass is 412 g/mol. The Morgan fingerprint density at radius 2 is 1.75 bits per heavy atom. The average molecular weight is 413 g/mol. The maximum atomic E-state index is 12.5. The van der Waals surface area contributed by atoms with Gasteiger partial charge in [0.25, 0.3) is 0 Å². The predicted octanol–water partition coefficient (Wildman–Crippen LogP) is 4.70. The zero-order valence-electron chi connectivity index (χ0n) is 13.4. The van der Waals surface area contributed by atoms with E-state index in [0.29, 0.717) is 17.9 Å². The number of carbonyl (C=O) groups excluding carboxylic acids is 1. The van der Waals surface area contributed by atoms with Gasteiger partial charge < -0.3 is 13.8 Å². The molecule has 0 bridgehead atoms. The maximum absolute atomic E-state index is 12.5. The SMILES string of the molecule is COP(=O)(CC(=O)c1cc(Br)ccc1OCc1ccccc1)OC. The number of ether oxygens (including phenoxy) is 1. The molecule has 24 heavy (non-hydrogen) atoms. The van der Waals surface area contributed by atoms with Gasteiger partial charge in [-0.1, -0.05) is 46.3 Å². The Kier molecular flexibility index (Phi) is 6.75. The highest BCUT2D eigenvalue weighted by Crippen LogP contribution is 2.47. The van der Waals surface area contributed by atoms with Crippen LogP contribution in [0, 0.1) is 0 Å². The van der Waals surface area contributed by atoms with E-state index in [9.17, 15) is 9.36 Å². The molecular weight excluding hydrogens is 395 g/mol. The van der Waals surface area contributed by atoms with Gasteiger partial charge in [0.15, 0.2) is 5.78 Å². The van der Waals surface area contributed by atoms with Crippen molar-refractivity contribution in [1.29, 1.82) is 0 Å². The van der Waals surface area contributed by atoms with Gasteiger partial charge in [0.05, 0.1) is 5.56 Å². The summed E-state index contributed by atoms with van der Waals surface area (Å²) in [5, 5.41) is 0. The average Bonchev–Trinajstić information content (AvgIpc) is 2.61. The molecule has 0 spiro atoms. The highest BCUT2D eigenvalue weighted by atomic mass is 79.9. The van der Waals surface area contributed by atoms with Crippen LogP contribution in [0.2, 0.25) is 0 Å². The second kappa shape index (κ2) is 8.58. The van der Waals surface area contributed by atoms with Gasteiger partial charge in [-0.2, -0.15) is 0 Å². The number of halogens is 1. The van der Waals surface area contributed by atoms with Crippen LogP contribution >= 0.6 is 23.5 Å². The van der Waals surface area contributed by atoms with Crippen LogP contribution < -0.4 is 4.74 Å². The van der Waals surface area contributed by atoms with Crippen molar-refractivity contribution in [3.05, 3.63) is 64.1 Å². The molecule has 5 nitrogen and oxygen atoms in total. The van der Waals surface area contributed by atoms with Gasteiger partial charge in [0, 0.05) is 18.7 Å². The molecule has 0 heterocycles. The van der Waals surface area contributed by atoms with Crippen LogP contribution in [0.15, 0.2) is 53.0 Å². The third kappa shape index (κ3) is 5.02. The largest absolute Gasteiger partial charge is 0.488 e. The van der Waals surface area contributed by atoms with Crippen LogP contribution in [-0.4, -0.2) is 26.2 Å². The molecule has 0 unspecified atom stereocenters. The first kappa shape index (κ1) is 18.9. The number of hydrogen-bond acceptors (Lipinski definition) is 5. The number of ketones is 1. The summed E-state index contributed by atoms with van der Waals surface area (Å²) in [6, 6.07) is 14.7. The smallest absolute Gasteiger partial charge is 0.337 e. The minimum Gasteiger partial charge on any atom is -0.488 e. The molecule has 0 saturated carbocycles. The van der Waals surface area contributed by atoms with Crippen LogP contribution in [0.25, 0.3) is 0 Å². The molecule has 0 atom stereocenters. The zero-order chi connectivity index (χ0) is 17.6. The first-order chi connectivity index (χ1) is 11.5. The lowest BCUT2D eigenvalue weighted by molar-refractivity contribution is 0.100. The summed E-state index contributed by atoms with van der Waals surface area (Å²) in [6.45, 7) is 0.328. The van der Waals surface area contributed by atoms with Gasteiger partial charge in [-0.25, -0.2) is 0 Å². The topological polar surface area (TPSA) is 61.8 Å². The first-order valence-electron chi connectivity index (χ1n) is 7.17. The Balaban J connectivity index is 2.21. The van der Waals surface area contributed by atoms with Gasteiger partial charge in [0.2, 0.25) is 0 Å². The van der Waals surface area contributed by atoms with Crippen molar-refractivity contribution >= 4 is 29.3 Å². The summed E-state index contributed by atoms with van der Waals surface area (Å²) < 4.78 is 28.4. The third-order valence-corrected chi connectivity index (χ3v) is 5.65. The van der Waals surface area contributed by atoms with Crippen molar-refractivity contribution in [2.45, 2.75) is 6.61 Å². The molecular formula is C17H18BrO5P. The molecule has 0 aliphatic carbocycles. The molecule has 2 rings (SSSR count).